The minimum atomic E-state index is 0.425. The number of nitriles is 1. The van der Waals surface area contributed by atoms with Crippen molar-refractivity contribution >= 4 is 5.69 Å². The third-order valence-electron chi connectivity index (χ3n) is 1.70. The van der Waals surface area contributed by atoms with Crippen molar-refractivity contribution in [3.8, 4) is 17.5 Å². The molecular weight excluding hydrogens is 180 g/mol. The molecule has 0 amide bonds. The van der Waals surface area contributed by atoms with Crippen molar-refractivity contribution < 1.29 is 4.52 Å². The van der Waals surface area contributed by atoms with Gasteiger partial charge in [-0.15, -0.1) is 0 Å². The molecule has 14 heavy (non-hydrogen) atoms. The first-order chi connectivity index (χ1) is 6.79. The van der Waals surface area contributed by atoms with E-state index in [1.807, 2.05) is 6.07 Å². The van der Waals surface area contributed by atoms with Crippen LogP contribution in [0.15, 0.2) is 29.1 Å². The van der Waals surface area contributed by atoms with Gasteiger partial charge in [-0.1, -0.05) is 5.16 Å². The second-order valence-electron chi connectivity index (χ2n) is 2.71. The van der Waals surface area contributed by atoms with E-state index in [2.05, 4.69) is 14.7 Å². The summed E-state index contributed by atoms with van der Waals surface area (Å²) in [5.74, 6) is 0.425. The monoisotopic (exact) mass is 186 g/mol. The molecule has 1 aromatic carbocycles. The Morgan fingerprint density at radius 1 is 1.36 bits per heavy atom. The van der Waals surface area contributed by atoms with Crippen LogP contribution < -0.4 is 5.73 Å². The Morgan fingerprint density at radius 2 is 2.21 bits per heavy atom. The fourth-order valence-electron chi connectivity index (χ4n) is 1.14. The van der Waals surface area contributed by atoms with Gasteiger partial charge in [0.05, 0.1) is 11.6 Å². The first-order valence-electron chi connectivity index (χ1n) is 3.87. The highest BCUT2D eigenvalue weighted by atomic mass is 16.5. The van der Waals surface area contributed by atoms with E-state index < -0.39 is 0 Å². The van der Waals surface area contributed by atoms with Crippen molar-refractivity contribution in [3.63, 3.8) is 0 Å². The minimum absolute atomic E-state index is 0.425. The third kappa shape index (κ3) is 1.41. The van der Waals surface area contributed by atoms with E-state index in [9.17, 15) is 0 Å². The summed E-state index contributed by atoms with van der Waals surface area (Å²) in [6.07, 6.45) is 1.23. The van der Waals surface area contributed by atoms with Gasteiger partial charge in [0, 0.05) is 11.3 Å². The summed E-state index contributed by atoms with van der Waals surface area (Å²) in [6, 6.07) is 6.93. The molecule has 0 fully saturated rings. The molecule has 1 heterocycles. The second-order valence-corrected chi connectivity index (χ2v) is 2.71. The fourth-order valence-corrected chi connectivity index (χ4v) is 1.14. The van der Waals surface area contributed by atoms with Crippen molar-refractivity contribution in [3.05, 3.63) is 30.2 Å². The fraction of sp³-hybridized carbons (Fsp3) is 0. The summed E-state index contributed by atoms with van der Waals surface area (Å²) < 4.78 is 4.60. The molecule has 0 aliphatic carbocycles. The molecule has 0 atom stereocenters. The van der Waals surface area contributed by atoms with Gasteiger partial charge in [-0.2, -0.15) is 10.2 Å². The smallest absolute Gasteiger partial charge is 0.214 e. The van der Waals surface area contributed by atoms with E-state index in [1.54, 1.807) is 18.2 Å². The molecule has 0 bridgehead atoms. The minimum Gasteiger partial charge on any atom is -0.399 e. The summed E-state index contributed by atoms with van der Waals surface area (Å²) in [5, 5.41) is 12.4. The Morgan fingerprint density at radius 3 is 2.86 bits per heavy atom. The van der Waals surface area contributed by atoms with E-state index >= 15 is 0 Å². The lowest BCUT2D eigenvalue weighted by molar-refractivity contribution is 0.419. The predicted octanol–water partition coefficient (Wildman–Crippen LogP) is 1.19. The third-order valence-corrected chi connectivity index (χ3v) is 1.70. The van der Waals surface area contributed by atoms with Crippen LogP contribution in [-0.2, 0) is 0 Å². The number of rotatable bonds is 1. The van der Waals surface area contributed by atoms with Gasteiger partial charge in [0.25, 0.3) is 0 Å². The normalized spacial score (nSPS) is 9.64. The van der Waals surface area contributed by atoms with Crippen LogP contribution in [0, 0.1) is 11.3 Å². The maximum absolute atomic E-state index is 8.71. The van der Waals surface area contributed by atoms with Crippen molar-refractivity contribution in [2.24, 2.45) is 0 Å². The molecule has 0 aliphatic heterocycles. The van der Waals surface area contributed by atoms with Crippen LogP contribution in [-0.4, -0.2) is 10.1 Å². The number of anilines is 1. The lowest BCUT2D eigenvalue weighted by Gasteiger charge is -1.97. The highest BCUT2D eigenvalue weighted by Crippen LogP contribution is 2.19. The summed E-state index contributed by atoms with van der Waals surface area (Å²) in [5.41, 5.74) is 7.26. The molecule has 5 heteroatoms. The summed E-state index contributed by atoms with van der Waals surface area (Å²) in [4.78, 5) is 3.86. The Kier molecular flexibility index (Phi) is 1.88. The topological polar surface area (TPSA) is 88.7 Å². The molecule has 68 valence electrons. The van der Waals surface area contributed by atoms with Gasteiger partial charge in [0.1, 0.15) is 0 Å². The number of nitrogen functional groups attached to an aromatic ring is 1. The average Bonchev–Trinajstić information content (AvgIpc) is 2.69. The molecule has 0 unspecified atom stereocenters. The molecule has 5 nitrogen and oxygen atoms in total. The van der Waals surface area contributed by atoms with Crippen LogP contribution in [0.1, 0.15) is 5.56 Å². The zero-order valence-corrected chi connectivity index (χ0v) is 7.14. The van der Waals surface area contributed by atoms with E-state index in [0.29, 0.717) is 22.6 Å². The van der Waals surface area contributed by atoms with Crippen molar-refractivity contribution in [2.75, 3.05) is 5.73 Å². The zero-order chi connectivity index (χ0) is 9.97. The Hall–Kier alpha value is -2.35. The number of hydrogen-bond acceptors (Lipinski definition) is 5. The largest absolute Gasteiger partial charge is 0.399 e. The lowest BCUT2D eigenvalue weighted by atomic mass is 10.1. The first-order valence-corrected chi connectivity index (χ1v) is 3.87. The molecule has 2 aromatic rings. The standard InChI is InChI=1S/C9H6N4O/c10-4-6-1-7(3-8(11)2-6)9-12-5-14-13-9/h1-3,5H,11H2. The molecule has 2 N–H and O–H groups in total. The summed E-state index contributed by atoms with van der Waals surface area (Å²) in [7, 11) is 0. The van der Waals surface area contributed by atoms with Gasteiger partial charge in [0.2, 0.25) is 12.2 Å². The Balaban J connectivity index is 2.55. The van der Waals surface area contributed by atoms with Crippen molar-refractivity contribution in [2.45, 2.75) is 0 Å². The maximum Gasteiger partial charge on any atom is 0.214 e. The van der Waals surface area contributed by atoms with Gasteiger partial charge in [0.15, 0.2) is 0 Å². The maximum atomic E-state index is 8.71. The second kappa shape index (κ2) is 3.18. The van der Waals surface area contributed by atoms with Crippen LogP contribution in [0.25, 0.3) is 11.4 Å². The number of aromatic nitrogens is 2. The number of benzene rings is 1. The molecule has 0 aliphatic rings. The lowest BCUT2D eigenvalue weighted by Crippen LogP contribution is -1.89. The number of nitrogens with two attached hydrogens (primary N) is 1. The molecule has 2 rings (SSSR count). The zero-order valence-electron chi connectivity index (χ0n) is 7.14. The Labute approximate surface area is 79.8 Å². The van der Waals surface area contributed by atoms with Gasteiger partial charge >= 0.3 is 0 Å². The highest BCUT2D eigenvalue weighted by Gasteiger charge is 2.05. The van der Waals surface area contributed by atoms with Crippen LogP contribution in [0.2, 0.25) is 0 Å². The SMILES string of the molecule is N#Cc1cc(N)cc(-c2ncon2)c1. The van der Waals surface area contributed by atoms with E-state index in [0.717, 1.165) is 0 Å². The summed E-state index contributed by atoms with van der Waals surface area (Å²) in [6.45, 7) is 0. The van der Waals surface area contributed by atoms with Gasteiger partial charge < -0.3 is 10.3 Å². The average molecular weight is 186 g/mol. The highest BCUT2D eigenvalue weighted by molar-refractivity contribution is 5.64. The molecular formula is C9H6N4O. The first kappa shape index (κ1) is 8.26. The van der Waals surface area contributed by atoms with E-state index in [-0.39, 0.29) is 0 Å². The quantitative estimate of drug-likeness (QED) is 0.675. The van der Waals surface area contributed by atoms with Crippen LogP contribution in [0.3, 0.4) is 0 Å². The molecule has 0 saturated carbocycles. The van der Waals surface area contributed by atoms with Crippen molar-refractivity contribution in [1.82, 2.24) is 10.1 Å². The van der Waals surface area contributed by atoms with Gasteiger partial charge in [-0.05, 0) is 18.2 Å². The van der Waals surface area contributed by atoms with Crippen molar-refractivity contribution in [1.29, 1.82) is 5.26 Å². The van der Waals surface area contributed by atoms with Crippen LogP contribution in [0.4, 0.5) is 5.69 Å². The van der Waals surface area contributed by atoms with Gasteiger partial charge in [-0.3, -0.25) is 0 Å². The number of nitrogens with zero attached hydrogens (tertiary/aromatic N) is 3. The van der Waals surface area contributed by atoms with Gasteiger partial charge in [-0.25, -0.2) is 0 Å². The summed E-state index contributed by atoms with van der Waals surface area (Å²) >= 11 is 0. The van der Waals surface area contributed by atoms with E-state index in [4.69, 9.17) is 11.0 Å². The molecule has 1 aromatic heterocycles. The molecule has 0 spiro atoms. The molecule has 0 saturated heterocycles. The van der Waals surface area contributed by atoms with Crippen LogP contribution in [0.5, 0.6) is 0 Å². The number of hydrogen-bond donors (Lipinski definition) is 1. The predicted molar refractivity (Wildman–Crippen MR) is 48.9 cm³/mol. The van der Waals surface area contributed by atoms with Crippen LogP contribution >= 0.6 is 0 Å². The molecule has 0 radical (unpaired) electrons. The van der Waals surface area contributed by atoms with E-state index in [1.165, 1.54) is 6.39 Å². The Bertz CT molecular complexity index is 484.